The summed E-state index contributed by atoms with van der Waals surface area (Å²) in [6.45, 7) is 5.93. The monoisotopic (exact) mass is 376 g/mol. The van der Waals surface area contributed by atoms with E-state index in [4.69, 9.17) is 4.74 Å². The molecule has 2 aliphatic rings. The molecule has 7 heteroatoms. The summed E-state index contributed by atoms with van der Waals surface area (Å²) in [5.41, 5.74) is 1.52. The van der Waals surface area contributed by atoms with E-state index in [2.05, 4.69) is 4.99 Å². The second-order valence-corrected chi connectivity index (χ2v) is 7.76. The van der Waals surface area contributed by atoms with Gasteiger partial charge in [-0.3, -0.25) is 9.69 Å². The maximum Gasteiger partial charge on any atom is 0.338 e. The number of hydrogen-bond donors (Lipinski definition) is 0. The van der Waals surface area contributed by atoms with Gasteiger partial charge in [0.05, 0.1) is 23.9 Å². The number of esters is 1. The topological polar surface area (TPSA) is 59.0 Å². The molecule has 1 aromatic rings. The van der Waals surface area contributed by atoms with Gasteiger partial charge in [-0.2, -0.15) is 0 Å². The van der Waals surface area contributed by atoms with Gasteiger partial charge in [-0.05, 0) is 30.5 Å². The molecule has 1 unspecified atom stereocenters. The Hall–Kier alpha value is -2.15. The molecule has 2 heterocycles. The first-order valence-electron chi connectivity index (χ1n) is 8.55. The Bertz CT molecular complexity index is 786. The first kappa shape index (κ1) is 18.6. The van der Waals surface area contributed by atoms with E-state index in [1.54, 1.807) is 24.0 Å². The average molecular weight is 376 g/mol. The van der Waals surface area contributed by atoms with E-state index >= 15 is 0 Å². The van der Waals surface area contributed by atoms with Crippen LogP contribution in [0.15, 0.2) is 40.5 Å². The average Bonchev–Trinajstić information content (AvgIpc) is 2.59. The van der Waals surface area contributed by atoms with Gasteiger partial charge >= 0.3 is 5.97 Å². The third-order valence-corrected chi connectivity index (χ3v) is 5.11. The molecule has 0 saturated carbocycles. The Morgan fingerprint density at radius 2 is 2.08 bits per heavy atom. The van der Waals surface area contributed by atoms with E-state index in [9.17, 15) is 14.0 Å². The molecule has 2 aliphatic heterocycles. The van der Waals surface area contributed by atoms with Crippen molar-refractivity contribution in [3.05, 3.63) is 46.9 Å². The highest BCUT2D eigenvalue weighted by Crippen LogP contribution is 2.40. The summed E-state index contributed by atoms with van der Waals surface area (Å²) in [5.74, 6) is -0.110. The van der Waals surface area contributed by atoms with Crippen molar-refractivity contribution >= 4 is 28.8 Å². The third-order valence-electron chi connectivity index (χ3n) is 4.16. The van der Waals surface area contributed by atoms with Crippen molar-refractivity contribution in [1.29, 1.82) is 0 Å². The van der Waals surface area contributed by atoms with Crippen molar-refractivity contribution in [2.75, 3.05) is 12.4 Å². The molecule has 3 rings (SSSR count). The number of hydrogen-bond acceptors (Lipinski definition) is 5. The Labute approximate surface area is 156 Å². The van der Waals surface area contributed by atoms with Gasteiger partial charge in [0.1, 0.15) is 5.82 Å². The largest absolute Gasteiger partial charge is 0.462 e. The van der Waals surface area contributed by atoms with Crippen LogP contribution >= 0.6 is 11.8 Å². The molecule has 5 nitrogen and oxygen atoms in total. The first-order chi connectivity index (χ1) is 12.4. The maximum absolute atomic E-state index is 13.4. The lowest BCUT2D eigenvalue weighted by molar-refractivity contribution is -0.141. The molecule has 0 aromatic heterocycles. The van der Waals surface area contributed by atoms with Gasteiger partial charge in [0.2, 0.25) is 5.91 Å². The van der Waals surface area contributed by atoms with Crippen LogP contribution in [0.5, 0.6) is 0 Å². The van der Waals surface area contributed by atoms with Crippen molar-refractivity contribution in [3.63, 3.8) is 0 Å². The van der Waals surface area contributed by atoms with Crippen molar-refractivity contribution < 1.29 is 18.7 Å². The Morgan fingerprint density at radius 3 is 2.73 bits per heavy atom. The predicted octanol–water partition coefficient (Wildman–Crippen LogP) is 3.68. The third kappa shape index (κ3) is 3.67. The SMILES string of the molecule is CC1=C(C(=O)OCC(C)C)C(c2ccc(F)cc2)N2C(=O)CCSC2=N1. The molecule has 0 N–H and O–H groups in total. The first-order valence-corrected chi connectivity index (χ1v) is 9.54. The number of halogens is 1. The van der Waals surface area contributed by atoms with E-state index in [0.29, 0.717) is 34.2 Å². The van der Waals surface area contributed by atoms with Crippen LogP contribution in [0, 0.1) is 11.7 Å². The van der Waals surface area contributed by atoms with Crippen molar-refractivity contribution in [2.45, 2.75) is 33.2 Å². The highest BCUT2D eigenvalue weighted by Gasteiger charge is 2.41. The number of carbonyl (C=O) groups is 2. The van der Waals surface area contributed by atoms with Crippen LogP contribution in [0.25, 0.3) is 0 Å². The number of carbonyl (C=O) groups excluding carboxylic acids is 2. The number of aliphatic imine (C=N–C) groups is 1. The molecule has 26 heavy (non-hydrogen) atoms. The fourth-order valence-electron chi connectivity index (χ4n) is 2.94. The highest BCUT2D eigenvalue weighted by molar-refractivity contribution is 8.14. The number of allylic oxidation sites excluding steroid dienone is 1. The Balaban J connectivity index is 2.06. The van der Waals surface area contributed by atoms with Gasteiger partial charge in [0, 0.05) is 12.2 Å². The quantitative estimate of drug-likeness (QED) is 0.752. The smallest absolute Gasteiger partial charge is 0.338 e. The number of benzene rings is 1. The summed E-state index contributed by atoms with van der Waals surface area (Å²) < 4.78 is 18.8. The molecular formula is C19H21FN2O3S. The summed E-state index contributed by atoms with van der Waals surface area (Å²) in [6, 6.07) is 5.20. The maximum atomic E-state index is 13.4. The predicted molar refractivity (Wildman–Crippen MR) is 99.0 cm³/mol. The zero-order valence-corrected chi connectivity index (χ0v) is 15.8. The lowest BCUT2D eigenvalue weighted by Crippen LogP contribution is -2.45. The number of fused-ring (bicyclic) bond motifs is 1. The number of amidine groups is 1. The van der Waals surface area contributed by atoms with Gasteiger partial charge in [-0.1, -0.05) is 37.7 Å². The number of nitrogens with zero attached hydrogens (tertiary/aromatic N) is 2. The molecule has 1 saturated heterocycles. The van der Waals surface area contributed by atoms with Crippen molar-refractivity contribution in [1.82, 2.24) is 4.90 Å². The molecule has 1 atom stereocenters. The van der Waals surface area contributed by atoms with Gasteiger partial charge in [0.25, 0.3) is 0 Å². The molecule has 138 valence electrons. The molecule has 0 bridgehead atoms. The van der Waals surface area contributed by atoms with E-state index in [1.807, 2.05) is 13.8 Å². The molecule has 1 aromatic carbocycles. The minimum absolute atomic E-state index is 0.0986. The van der Waals surface area contributed by atoms with E-state index in [0.717, 1.165) is 0 Å². The van der Waals surface area contributed by atoms with E-state index in [1.165, 1.54) is 23.9 Å². The summed E-state index contributed by atoms with van der Waals surface area (Å²) in [6.07, 6.45) is 0.370. The van der Waals surface area contributed by atoms with Crippen LogP contribution in [-0.2, 0) is 14.3 Å². The zero-order chi connectivity index (χ0) is 18.8. The van der Waals surface area contributed by atoms with Gasteiger partial charge in [0.15, 0.2) is 5.17 Å². The fourth-order valence-corrected chi connectivity index (χ4v) is 3.94. The van der Waals surface area contributed by atoms with Crippen LogP contribution in [0.1, 0.15) is 38.8 Å². The van der Waals surface area contributed by atoms with Gasteiger partial charge in [-0.15, -0.1) is 0 Å². The van der Waals surface area contributed by atoms with E-state index in [-0.39, 0.29) is 24.2 Å². The summed E-state index contributed by atoms with van der Waals surface area (Å²) in [5, 5.41) is 0.577. The number of thioether (sulfide) groups is 1. The molecule has 1 fully saturated rings. The van der Waals surface area contributed by atoms with Crippen LogP contribution in [0.2, 0.25) is 0 Å². The minimum Gasteiger partial charge on any atom is -0.462 e. The second-order valence-electron chi connectivity index (χ2n) is 6.70. The van der Waals surface area contributed by atoms with E-state index < -0.39 is 12.0 Å². The minimum atomic E-state index is -0.650. The highest BCUT2D eigenvalue weighted by atomic mass is 32.2. The van der Waals surface area contributed by atoms with Crippen LogP contribution < -0.4 is 0 Å². The Kier molecular flexibility index (Phi) is 5.46. The lowest BCUT2D eigenvalue weighted by Gasteiger charge is -2.38. The number of ether oxygens (including phenoxy) is 1. The molecule has 0 radical (unpaired) electrons. The summed E-state index contributed by atoms with van der Waals surface area (Å²) >= 11 is 1.48. The Morgan fingerprint density at radius 1 is 1.38 bits per heavy atom. The van der Waals surface area contributed by atoms with Gasteiger partial charge in [-0.25, -0.2) is 14.2 Å². The van der Waals surface area contributed by atoms with Crippen LogP contribution in [0.4, 0.5) is 4.39 Å². The zero-order valence-electron chi connectivity index (χ0n) is 15.0. The number of amides is 1. The number of rotatable bonds is 4. The molecule has 0 spiro atoms. The second kappa shape index (κ2) is 7.61. The van der Waals surface area contributed by atoms with Crippen molar-refractivity contribution in [2.24, 2.45) is 10.9 Å². The normalized spacial score (nSPS) is 20.2. The fraction of sp³-hybridized carbons (Fsp3) is 0.421. The van der Waals surface area contributed by atoms with Crippen LogP contribution in [0.3, 0.4) is 0 Å². The lowest BCUT2D eigenvalue weighted by atomic mass is 9.94. The standard InChI is InChI=1S/C19H21FN2O3S/c1-11(2)10-25-18(24)16-12(3)21-19-22(15(23)8-9-26-19)17(16)13-4-6-14(20)7-5-13/h4-7,11,17H,8-10H2,1-3H3. The summed E-state index contributed by atoms with van der Waals surface area (Å²) in [7, 11) is 0. The molecule has 0 aliphatic carbocycles. The van der Waals surface area contributed by atoms with Gasteiger partial charge < -0.3 is 4.74 Å². The molecular weight excluding hydrogens is 355 g/mol. The van der Waals surface area contributed by atoms with Crippen LogP contribution in [-0.4, -0.2) is 34.3 Å². The molecule has 1 amide bonds. The summed E-state index contributed by atoms with van der Waals surface area (Å²) in [4.78, 5) is 31.4. The van der Waals surface area contributed by atoms with Crippen molar-refractivity contribution in [3.8, 4) is 0 Å².